The smallest absolute Gasteiger partial charge is 0.408 e. The van der Waals surface area contributed by atoms with Crippen LogP contribution in [-0.4, -0.2) is 118 Å². The third-order valence-electron chi connectivity index (χ3n) is 12.0. The highest BCUT2D eigenvalue weighted by Crippen LogP contribution is 2.40. The number of fused-ring (bicyclic) bond motifs is 2. The average Bonchev–Trinajstić information content (AvgIpc) is 3.48. The van der Waals surface area contributed by atoms with Crippen molar-refractivity contribution in [2.45, 2.75) is 135 Å². The lowest BCUT2D eigenvalue weighted by atomic mass is 9.73. The molecule has 3 aliphatic heterocycles. The first-order chi connectivity index (χ1) is 26.4. The number of rotatable bonds is 9. The third-order valence-corrected chi connectivity index (χ3v) is 12.0. The van der Waals surface area contributed by atoms with Crippen molar-refractivity contribution >= 4 is 40.7 Å². The van der Waals surface area contributed by atoms with Gasteiger partial charge in [0.05, 0.1) is 41.5 Å². The van der Waals surface area contributed by atoms with Crippen molar-refractivity contribution in [2.24, 2.45) is 23.7 Å². The van der Waals surface area contributed by atoms with Gasteiger partial charge in [-0.3, -0.25) is 24.4 Å². The Balaban J connectivity index is 1.56. The molecular formula is C42H60N4O10. The molecule has 0 aliphatic carbocycles. The second-order valence-corrected chi connectivity index (χ2v) is 16.6. The number of aliphatic hydroxyl groups excluding tert-OH is 1. The number of amides is 1. The van der Waals surface area contributed by atoms with E-state index >= 15 is 0 Å². The van der Waals surface area contributed by atoms with Gasteiger partial charge in [-0.15, -0.1) is 0 Å². The molecule has 0 spiro atoms. The van der Waals surface area contributed by atoms with E-state index in [0.29, 0.717) is 19.3 Å². The molecule has 3 saturated heterocycles. The molecule has 1 aromatic heterocycles. The Morgan fingerprint density at radius 1 is 1.00 bits per heavy atom. The van der Waals surface area contributed by atoms with Gasteiger partial charge in [0, 0.05) is 36.2 Å². The molecule has 2 aromatic rings. The van der Waals surface area contributed by atoms with Crippen molar-refractivity contribution in [3.05, 3.63) is 42.2 Å². The number of ketones is 2. The summed E-state index contributed by atoms with van der Waals surface area (Å²) in [5.74, 6) is -5.13. The molecule has 3 fully saturated rings. The summed E-state index contributed by atoms with van der Waals surface area (Å²) in [5, 5.41) is 14.4. The van der Waals surface area contributed by atoms with Gasteiger partial charge < -0.3 is 39.0 Å². The Kier molecular flexibility index (Phi) is 13.7. The molecule has 14 heteroatoms. The molecule has 1 amide bonds. The maximum Gasteiger partial charge on any atom is 0.408 e. The molecule has 0 radical (unpaired) electrons. The number of hydrogen-bond donors (Lipinski definition) is 2. The van der Waals surface area contributed by atoms with Crippen LogP contribution in [-0.2, 0) is 38.1 Å². The van der Waals surface area contributed by atoms with Gasteiger partial charge in [-0.1, -0.05) is 52.3 Å². The van der Waals surface area contributed by atoms with Crippen LogP contribution >= 0.6 is 0 Å². The SMILES string of the molecule is CCC[C@H]1OC(=O)[C@H](C)C(=O)[C@H](C)[C@@H](O[C@@H]2O[C@H](C)C[C@H](N(C)C)[C@H]2O)[C@](C)(OC/C=C/c2ccc3nccnc3c2)C[C@@H](C)C(=O)[C@H](C)[C@@H]2NC(=O)O[C@]12C. The summed E-state index contributed by atoms with van der Waals surface area (Å²) < 4.78 is 31.5. The highest BCUT2D eigenvalue weighted by atomic mass is 16.7. The number of nitrogens with one attached hydrogen (secondary N) is 1. The maximum absolute atomic E-state index is 14.5. The number of carbonyl (C=O) groups is 4. The van der Waals surface area contributed by atoms with Crippen molar-refractivity contribution < 1.29 is 48.0 Å². The number of carbonyl (C=O) groups excluding carboxylic acids is 4. The first-order valence-electron chi connectivity index (χ1n) is 19.8. The summed E-state index contributed by atoms with van der Waals surface area (Å²) in [6.07, 6.45) is 3.25. The second kappa shape index (κ2) is 17.8. The summed E-state index contributed by atoms with van der Waals surface area (Å²) >= 11 is 0. The fraction of sp³-hybridized carbons (Fsp3) is 0.667. The van der Waals surface area contributed by atoms with Gasteiger partial charge >= 0.3 is 12.1 Å². The number of aromatic nitrogens is 2. The monoisotopic (exact) mass is 780 g/mol. The van der Waals surface area contributed by atoms with E-state index in [1.807, 2.05) is 63.2 Å². The Morgan fingerprint density at radius 2 is 1.70 bits per heavy atom. The minimum Gasteiger partial charge on any atom is -0.457 e. The van der Waals surface area contributed by atoms with Gasteiger partial charge in [0.2, 0.25) is 0 Å². The fourth-order valence-corrected chi connectivity index (χ4v) is 8.75. The van der Waals surface area contributed by atoms with Crippen molar-refractivity contribution in [1.82, 2.24) is 20.2 Å². The predicted molar refractivity (Wildman–Crippen MR) is 208 cm³/mol. The average molecular weight is 781 g/mol. The van der Waals surface area contributed by atoms with Gasteiger partial charge in [0.15, 0.2) is 17.7 Å². The normalized spacial score (nSPS) is 37.6. The lowest BCUT2D eigenvalue weighted by Crippen LogP contribution is -2.60. The molecule has 4 heterocycles. The number of ether oxygens (including phenoxy) is 5. The highest BCUT2D eigenvalue weighted by Gasteiger charge is 2.57. The number of hydrogen-bond acceptors (Lipinski definition) is 13. The third kappa shape index (κ3) is 9.15. The van der Waals surface area contributed by atoms with Crippen LogP contribution < -0.4 is 5.32 Å². The van der Waals surface area contributed by atoms with Gasteiger partial charge in [-0.05, 0) is 78.7 Å². The van der Waals surface area contributed by atoms with Crippen molar-refractivity contribution in [2.75, 3.05) is 20.7 Å². The summed E-state index contributed by atoms with van der Waals surface area (Å²) in [5.41, 5.74) is -0.375. The van der Waals surface area contributed by atoms with E-state index in [-0.39, 0.29) is 31.0 Å². The lowest BCUT2D eigenvalue weighted by molar-refractivity contribution is -0.296. The van der Waals surface area contributed by atoms with Crippen LogP contribution in [0.15, 0.2) is 36.7 Å². The van der Waals surface area contributed by atoms with Crippen molar-refractivity contribution in [3.63, 3.8) is 0 Å². The lowest BCUT2D eigenvalue weighted by Gasteiger charge is -2.47. The number of esters is 1. The highest BCUT2D eigenvalue weighted by molar-refractivity contribution is 6.00. The Morgan fingerprint density at radius 3 is 2.38 bits per heavy atom. The standard InChI is InChI=1S/C42H60N4O10/c1-11-13-32-42(8)36(45-40(51)56-42)25(4)33(47)23(2)22-41(7,52-19-12-14-28-15-16-29-30(21-28)44-18-17-43-29)37(26(5)34(48)27(6)38(50)54-32)55-39-35(49)31(46(9)10)20-24(3)53-39/h12,14-18,21,23-27,31-32,35-37,39,49H,11,13,19-20,22H2,1-10H3,(H,45,51)/b14-12+/t23-,24-,25+,26+,27-,31+,32-,35-,36+,37-,39+,41-,42-/m1/s1. The predicted octanol–water partition coefficient (Wildman–Crippen LogP) is 4.89. The Hall–Kier alpha value is -3.82. The van der Waals surface area contributed by atoms with Crippen LogP contribution in [0, 0.1) is 23.7 Å². The van der Waals surface area contributed by atoms with Crippen molar-refractivity contribution in [3.8, 4) is 0 Å². The number of aliphatic hydroxyl groups is 1. The molecular weight excluding hydrogens is 720 g/mol. The van der Waals surface area contributed by atoms with Crippen LogP contribution in [0.1, 0.15) is 86.6 Å². The Bertz CT molecular complexity index is 1770. The molecule has 0 saturated carbocycles. The van der Waals surface area contributed by atoms with Crippen LogP contribution in [0.5, 0.6) is 0 Å². The van der Waals surface area contributed by atoms with Crippen LogP contribution in [0.4, 0.5) is 4.79 Å². The minimum absolute atomic E-state index is 0.0535. The number of likely N-dealkylation sites (N-methyl/N-ethyl adjacent to an activating group) is 1. The number of benzene rings is 1. The number of cyclic esters (lactones) is 1. The summed E-state index contributed by atoms with van der Waals surface area (Å²) in [4.78, 5) is 66.3. The van der Waals surface area contributed by atoms with E-state index in [2.05, 4.69) is 15.3 Å². The van der Waals surface area contributed by atoms with E-state index < -0.39 is 83.4 Å². The minimum atomic E-state index is -1.38. The molecule has 5 rings (SSSR count). The fourth-order valence-electron chi connectivity index (χ4n) is 8.75. The quantitative estimate of drug-likeness (QED) is 0.260. The van der Waals surface area contributed by atoms with Gasteiger partial charge in [-0.25, -0.2) is 4.79 Å². The molecule has 14 nitrogen and oxygen atoms in total. The van der Waals surface area contributed by atoms with Gasteiger partial charge in [0.1, 0.15) is 23.9 Å². The van der Waals surface area contributed by atoms with Crippen LogP contribution in [0.3, 0.4) is 0 Å². The summed E-state index contributed by atoms with van der Waals surface area (Å²) in [6.45, 7) is 14.0. The largest absolute Gasteiger partial charge is 0.457 e. The van der Waals surface area contributed by atoms with E-state index in [9.17, 15) is 24.3 Å². The van der Waals surface area contributed by atoms with E-state index in [1.165, 1.54) is 6.92 Å². The number of alkyl carbamates (subject to hydrolysis) is 1. The van der Waals surface area contributed by atoms with E-state index in [4.69, 9.17) is 23.7 Å². The van der Waals surface area contributed by atoms with Gasteiger partial charge in [-0.2, -0.15) is 0 Å². The molecule has 2 N–H and O–H groups in total. The zero-order chi connectivity index (χ0) is 41.1. The maximum atomic E-state index is 14.5. The van der Waals surface area contributed by atoms with Crippen LogP contribution in [0.25, 0.3) is 17.1 Å². The molecule has 56 heavy (non-hydrogen) atoms. The van der Waals surface area contributed by atoms with Crippen molar-refractivity contribution in [1.29, 1.82) is 0 Å². The molecule has 13 atom stereocenters. The van der Waals surface area contributed by atoms with Crippen LogP contribution in [0.2, 0.25) is 0 Å². The second-order valence-electron chi connectivity index (χ2n) is 16.6. The van der Waals surface area contributed by atoms with Gasteiger partial charge in [0.25, 0.3) is 0 Å². The molecule has 0 unspecified atom stereocenters. The zero-order valence-corrected chi connectivity index (χ0v) is 34.4. The van der Waals surface area contributed by atoms with E-state index in [0.717, 1.165) is 16.6 Å². The number of Topliss-reactive ketones (excluding diaryl/α,β-unsaturated/α-hetero) is 2. The first kappa shape index (κ1) is 43.3. The molecule has 1 aromatic carbocycles. The summed E-state index contributed by atoms with van der Waals surface area (Å²) in [7, 11) is 3.74. The topological polar surface area (TPSA) is 176 Å². The molecule has 0 bridgehead atoms. The first-order valence-corrected chi connectivity index (χ1v) is 19.8. The van der Waals surface area contributed by atoms with E-state index in [1.54, 1.807) is 47.0 Å². The Labute approximate surface area is 330 Å². The molecule has 3 aliphatic rings. The summed E-state index contributed by atoms with van der Waals surface area (Å²) in [6, 6.07) is 4.57. The zero-order valence-electron chi connectivity index (χ0n) is 34.4. The molecule has 308 valence electrons. The number of nitrogens with zero attached hydrogens (tertiary/aromatic N) is 3.